The standard InChI is InChI=1S/C25H26ClN3O5S/c1-3-15-27-25(31)20-11-7-8-12-22(20)28-24(30)17-29(18-13-14-23(34-2)21(26)16-18)35(32,33)19-9-5-4-6-10-19/h4-14,16H,3,15,17H2,1-2H3,(H,27,31)(H,28,30). The lowest BCUT2D eigenvalue weighted by atomic mass is 10.1. The Kier molecular flexibility index (Phi) is 8.73. The maximum atomic E-state index is 13.5. The first-order valence-electron chi connectivity index (χ1n) is 10.9. The van der Waals surface area contributed by atoms with E-state index in [1.165, 1.54) is 37.4 Å². The summed E-state index contributed by atoms with van der Waals surface area (Å²) in [6.07, 6.45) is 0.761. The summed E-state index contributed by atoms with van der Waals surface area (Å²) in [6.45, 7) is 1.87. The van der Waals surface area contributed by atoms with Crippen LogP contribution >= 0.6 is 11.6 Å². The van der Waals surface area contributed by atoms with Crippen LogP contribution in [0.5, 0.6) is 5.75 Å². The lowest BCUT2D eigenvalue weighted by molar-refractivity contribution is -0.114. The van der Waals surface area contributed by atoms with Crippen LogP contribution in [0.1, 0.15) is 23.7 Å². The Bertz CT molecular complexity index is 1300. The predicted octanol–water partition coefficient (Wildman–Crippen LogP) is 4.32. The van der Waals surface area contributed by atoms with Gasteiger partial charge in [0.15, 0.2) is 0 Å². The molecule has 0 atom stereocenters. The topological polar surface area (TPSA) is 105 Å². The summed E-state index contributed by atoms with van der Waals surface area (Å²) < 4.78 is 33.1. The molecule has 184 valence electrons. The van der Waals surface area contributed by atoms with Gasteiger partial charge in [-0.05, 0) is 48.9 Å². The number of para-hydroxylation sites is 1. The third-order valence-electron chi connectivity index (χ3n) is 5.02. The number of sulfonamides is 1. The second-order valence-electron chi connectivity index (χ2n) is 7.49. The number of hydrogen-bond donors (Lipinski definition) is 2. The molecule has 3 aromatic rings. The molecule has 0 spiro atoms. The van der Waals surface area contributed by atoms with Crippen LogP contribution in [0.25, 0.3) is 0 Å². The number of amides is 2. The highest BCUT2D eigenvalue weighted by molar-refractivity contribution is 7.92. The summed E-state index contributed by atoms with van der Waals surface area (Å²) in [7, 11) is -2.68. The molecule has 0 saturated carbocycles. The second-order valence-corrected chi connectivity index (χ2v) is 9.76. The summed E-state index contributed by atoms with van der Waals surface area (Å²) >= 11 is 6.24. The molecule has 35 heavy (non-hydrogen) atoms. The second kappa shape index (κ2) is 11.7. The number of halogens is 1. The van der Waals surface area contributed by atoms with Crippen LogP contribution in [0.2, 0.25) is 5.02 Å². The minimum absolute atomic E-state index is 0.0130. The van der Waals surface area contributed by atoms with Gasteiger partial charge in [0.25, 0.3) is 15.9 Å². The van der Waals surface area contributed by atoms with E-state index in [2.05, 4.69) is 10.6 Å². The van der Waals surface area contributed by atoms with Crippen molar-refractivity contribution >= 4 is 44.8 Å². The molecule has 0 saturated heterocycles. The molecule has 0 aliphatic carbocycles. The molecule has 2 N–H and O–H groups in total. The van der Waals surface area contributed by atoms with Crippen molar-refractivity contribution in [2.24, 2.45) is 0 Å². The van der Waals surface area contributed by atoms with Crippen molar-refractivity contribution < 1.29 is 22.7 Å². The number of rotatable bonds is 10. The third kappa shape index (κ3) is 6.32. The fraction of sp³-hybridized carbons (Fsp3) is 0.200. The number of nitrogens with zero attached hydrogens (tertiary/aromatic N) is 1. The molecule has 10 heteroatoms. The van der Waals surface area contributed by atoms with Crippen molar-refractivity contribution in [2.75, 3.05) is 29.8 Å². The van der Waals surface area contributed by atoms with E-state index in [9.17, 15) is 18.0 Å². The van der Waals surface area contributed by atoms with E-state index >= 15 is 0 Å². The van der Waals surface area contributed by atoms with Gasteiger partial charge in [0.2, 0.25) is 5.91 Å². The van der Waals surface area contributed by atoms with Crippen LogP contribution in [-0.4, -0.2) is 40.4 Å². The number of hydrogen-bond acceptors (Lipinski definition) is 5. The third-order valence-corrected chi connectivity index (χ3v) is 7.11. The van der Waals surface area contributed by atoms with Crippen molar-refractivity contribution in [2.45, 2.75) is 18.2 Å². The molecular weight excluding hydrogens is 490 g/mol. The Morgan fingerprint density at radius 3 is 2.34 bits per heavy atom. The van der Waals surface area contributed by atoms with Gasteiger partial charge in [-0.2, -0.15) is 0 Å². The summed E-state index contributed by atoms with van der Waals surface area (Å²) in [4.78, 5) is 25.6. The Balaban J connectivity index is 1.94. The van der Waals surface area contributed by atoms with Gasteiger partial charge in [-0.25, -0.2) is 8.42 Å². The molecule has 0 aliphatic heterocycles. The maximum absolute atomic E-state index is 13.5. The zero-order chi connectivity index (χ0) is 25.4. The molecule has 2 amide bonds. The number of methoxy groups -OCH3 is 1. The Hall–Kier alpha value is -3.56. The Morgan fingerprint density at radius 2 is 1.69 bits per heavy atom. The minimum Gasteiger partial charge on any atom is -0.495 e. The van der Waals surface area contributed by atoms with Gasteiger partial charge < -0.3 is 15.4 Å². The highest BCUT2D eigenvalue weighted by Gasteiger charge is 2.28. The number of carbonyl (C=O) groups excluding carboxylic acids is 2. The molecule has 0 bridgehead atoms. The summed E-state index contributed by atoms with van der Waals surface area (Å²) in [6, 6.07) is 18.7. The summed E-state index contributed by atoms with van der Waals surface area (Å²) in [5.41, 5.74) is 0.735. The van der Waals surface area contributed by atoms with E-state index in [4.69, 9.17) is 16.3 Å². The number of benzene rings is 3. The molecule has 0 aliphatic rings. The molecule has 0 fully saturated rings. The lowest BCUT2D eigenvalue weighted by Crippen LogP contribution is -2.38. The Labute approximate surface area is 209 Å². The first kappa shape index (κ1) is 26.1. The van der Waals surface area contributed by atoms with Crippen molar-refractivity contribution in [1.29, 1.82) is 0 Å². The molecular formula is C25H26ClN3O5S. The van der Waals surface area contributed by atoms with E-state index in [0.717, 1.165) is 10.7 Å². The van der Waals surface area contributed by atoms with Crippen LogP contribution in [0.15, 0.2) is 77.7 Å². The van der Waals surface area contributed by atoms with Crippen molar-refractivity contribution in [3.63, 3.8) is 0 Å². The van der Waals surface area contributed by atoms with Gasteiger partial charge in [-0.1, -0.05) is 48.9 Å². The van der Waals surface area contributed by atoms with Gasteiger partial charge in [0, 0.05) is 6.54 Å². The normalized spacial score (nSPS) is 10.9. The van der Waals surface area contributed by atoms with Crippen molar-refractivity contribution in [3.8, 4) is 5.75 Å². The zero-order valence-electron chi connectivity index (χ0n) is 19.3. The number of nitrogens with one attached hydrogen (secondary N) is 2. The molecule has 0 aromatic heterocycles. The average Bonchev–Trinajstić information content (AvgIpc) is 2.86. The van der Waals surface area contributed by atoms with Crippen LogP contribution in [0.3, 0.4) is 0 Å². The predicted molar refractivity (Wildman–Crippen MR) is 137 cm³/mol. The molecule has 3 rings (SSSR count). The van der Waals surface area contributed by atoms with E-state index < -0.39 is 22.5 Å². The molecule has 0 radical (unpaired) electrons. The van der Waals surface area contributed by atoms with Gasteiger partial charge in [-0.3, -0.25) is 13.9 Å². The van der Waals surface area contributed by atoms with Crippen molar-refractivity contribution in [1.82, 2.24) is 5.32 Å². The van der Waals surface area contributed by atoms with E-state index in [-0.39, 0.29) is 32.8 Å². The lowest BCUT2D eigenvalue weighted by Gasteiger charge is -2.25. The number of ether oxygens (including phenoxy) is 1. The zero-order valence-corrected chi connectivity index (χ0v) is 20.9. The monoisotopic (exact) mass is 515 g/mol. The van der Waals surface area contributed by atoms with Gasteiger partial charge >= 0.3 is 0 Å². The molecule has 0 heterocycles. The maximum Gasteiger partial charge on any atom is 0.264 e. The van der Waals surface area contributed by atoms with Gasteiger partial charge in [-0.15, -0.1) is 0 Å². The van der Waals surface area contributed by atoms with E-state index in [1.807, 2.05) is 6.92 Å². The van der Waals surface area contributed by atoms with Crippen LogP contribution in [0.4, 0.5) is 11.4 Å². The highest BCUT2D eigenvalue weighted by atomic mass is 35.5. The molecule has 3 aromatic carbocycles. The fourth-order valence-corrected chi connectivity index (χ4v) is 4.98. The molecule has 8 nitrogen and oxygen atoms in total. The SMILES string of the molecule is CCCNC(=O)c1ccccc1NC(=O)CN(c1ccc(OC)c(Cl)c1)S(=O)(=O)c1ccccc1. The van der Waals surface area contributed by atoms with Gasteiger partial charge in [0.05, 0.1) is 34.0 Å². The number of carbonyl (C=O) groups is 2. The summed E-state index contributed by atoms with van der Waals surface area (Å²) in [5.74, 6) is -0.602. The largest absolute Gasteiger partial charge is 0.495 e. The average molecular weight is 516 g/mol. The smallest absolute Gasteiger partial charge is 0.264 e. The Morgan fingerprint density at radius 1 is 1.00 bits per heavy atom. The minimum atomic E-state index is -4.12. The first-order chi connectivity index (χ1) is 16.8. The summed E-state index contributed by atoms with van der Waals surface area (Å²) in [5, 5.41) is 5.63. The van der Waals surface area contributed by atoms with Crippen LogP contribution in [-0.2, 0) is 14.8 Å². The van der Waals surface area contributed by atoms with E-state index in [0.29, 0.717) is 12.3 Å². The fourth-order valence-electron chi connectivity index (χ4n) is 3.29. The number of anilines is 2. The highest BCUT2D eigenvalue weighted by Crippen LogP contribution is 2.32. The first-order valence-corrected chi connectivity index (χ1v) is 12.7. The van der Waals surface area contributed by atoms with E-state index in [1.54, 1.807) is 42.5 Å². The molecule has 0 unspecified atom stereocenters. The quantitative estimate of drug-likeness (QED) is 0.418. The van der Waals surface area contributed by atoms with Crippen molar-refractivity contribution in [3.05, 3.63) is 83.4 Å². The van der Waals surface area contributed by atoms with Crippen LogP contribution < -0.4 is 19.7 Å². The van der Waals surface area contributed by atoms with Gasteiger partial charge in [0.1, 0.15) is 12.3 Å². The van der Waals surface area contributed by atoms with Crippen LogP contribution in [0, 0.1) is 0 Å².